The van der Waals surface area contributed by atoms with Crippen LogP contribution in [-0.4, -0.2) is 49.6 Å². The summed E-state index contributed by atoms with van der Waals surface area (Å²) < 4.78 is 16.4. The van der Waals surface area contributed by atoms with Gasteiger partial charge < -0.3 is 24.8 Å². The lowest BCUT2D eigenvalue weighted by molar-refractivity contribution is -0.134. The summed E-state index contributed by atoms with van der Waals surface area (Å²) in [4.78, 5) is 39.0. The summed E-state index contributed by atoms with van der Waals surface area (Å²) in [5, 5.41) is 5.44. The summed E-state index contributed by atoms with van der Waals surface area (Å²) in [5.74, 6) is 0.901. The molecule has 0 unspecified atom stereocenters. The van der Waals surface area contributed by atoms with Crippen molar-refractivity contribution in [2.75, 3.05) is 26.9 Å². The van der Waals surface area contributed by atoms with Crippen molar-refractivity contribution in [2.45, 2.75) is 25.4 Å². The Morgan fingerprint density at radius 2 is 1.84 bits per heavy atom. The third kappa shape index (κ3) is 4.18. The van der Waals surface area contributed by atoms with E-state index in [9.17, 15) is 14.4 Å². The predicted molar refractivity (Wildman–Crippen MR) is 114 cm³/mol. The fourth-order valence-electron chi connectivity index (χ4n) is 3.65. The van der Waals surface area contributed by atoms with E-state index in [-0.39, 0.29) is 13.1 Å². The Labute approximate surface area is 185 Å². The maximum atomic E-state index is 13.1. The van der Waals surface area contributed by atoms with Crippen molar-refractivity contribution >= 4 is 17.8 Å². The van der Waals surface area contributed by atoms with E-state index in [0.717, 1.165) is 16.9 Å². The fraction of sp³-hybridized carbons (Fsp3) is 0.348. The Bertz CT molecular complexity index is 1040. The van der Waals surface area contributed by atoms with Gasteiger partial charge in [0.1, 0.15) is 17.8 Å². The van der Waals surface area contributed by atoms with E-state index in [0.29, 0.717) is 36.0 Å². The molecule has 2 aromatic carbocycles. The zero-order valence-corrected chi connectivity index (χ0v) is 18.0. The van der Waals surface area contributed by atoms with E-state index in [1.807, 2.05) is 12.1 Å². The molecular weight excluding hydrogens is 414 g/mol. The van der Waals surface area contributed by atoms with E-state index in [1.165, 1.54) is 0 Å². The van der Waals surface area contributed by atoms with Crippen LogP contribution in [0.3, 0.4) is 0 Å². The van der Waals surface area contributed by atoms with Crippen LogP contribution < -0.4 is 24.8 Å². The van der Waals surface area contributed by atoms with Gasteiger partial charge >= 0.3 is 6.03 Å². The molecule has 1 atom stereocenters. The number of imide groups is 1. The predicted octanol–water partition coefficient (Wildman–Crippen LogP) is 1.94. The summed E-state index contributed by atoms with van der Waals surface area (Å²) in [6, 6.07) is 11.8. The van der Waals surface area contributed by atoms with Crippen LogP contribution in [0, 0.1) is 0 Å². The molecule has 0 saturated carbocycles. The first-order chi connectivity index (χ1) is 15.4. The topological polar surface area (TPSA) is 106 Å². The van der Waals surface area contributed by atoms with Crippen molar-refractivity contribution in [1.29, 1.82) is 0 Å². The van der Waals surface area contributed by atoms with Crippen molar-refractivity contribution in [3.8, 4) is 17.2 Å². The Balaban J connectivity index is 1.42. The lowest BCUT2D eigenvalue weighted by Crippen LogP contribution is -2.43. The third-order valence-electron chi connectivity index (χ3n) is 5.55. The van der Waals surface area contributed by atoms with Crippen molar-refractivity contribution in [3.63, 3.8) is 0 Å². The molecule has 168 valence electrons. The third-order valence-corrected chi connectivity index (χ3v) is 5.55. The number of nitrogens with zero attached hydrogens (tertiary/aromatic N) is 1. The Kier molecular flexibility index (Phi) is 5.89. The molecule has 1 saturated heterocycles. The van der Waals surface area contributed by atoms with E-state index in [2.05, 4.69) is 10.6 Å². The van der Waals surface area contributed by atoms with Crippen LogP contribution in [0.25, 0.3) is 0 Å². The number of hydrogen-bond donors (Lipinski definition) is 2. The number of carbonyl (C=O) groups is 3. The van der Waals surface area contributed by atoms with Crippen molar-refractivity contribution in [1.82, 2.24) is 15.5 Å². The first-order valence-electron chi connectivity index (χ1n) is 10.3. The minimum Gasteiger partial charge on any atom is -0.497 e. The highest BCUT2D eigenvalue weighted by molar-refractivity contribution is 6.09. The minimum atomic E-state index is -1.31. The van der Waals surface area contributed by atoms with Gasteiger partial charge in [0.15, 0.2) is 11.5 Å². The molecular formula is C23H25N3O6. The van der Waals surface area contributed by atoms with E-state index in [1.54, 1.807) is 44.4 Å². The van der Waals surface area contributed by atoms with E-state index in [4.69, 9.17) is 14.2 Å². The monoisotopic (exact) mass is 439 g/mol. The molecule has 9 nitrogen and oxygen atoms in total. The Morgan fingerprint density at radius 3 is 2.56 bits per heavy atom. The van der Waals surface area contributed by atoms with Crippen LogP contribution in [0.5, 0.6) is 17.2 Å². The second kappa shape index (κ2) is 8.78. The zero-order chi connectivity index (χ0) is 22.7. The number of hydrogen-bond acceptors (Lipinski definition) is 6. The van der Waals surface area contributed by atoms with Gasteiger partial charge in [-0.1, -0.05) is 18.2 Å². The maximum absolute atomic E-state index is 13.1. The van der Waals surface area contributed by atoms with Gasteiger partial charge in [0.05, 0.1) is 20.3 Å². The van der Waals surface area contributed by atoms with Gasteiger partial charge in [0, 0.05) is 13.0 Å². The van der Waals surface area contributed by atoms with Crippen LogP contribution >= 0.6 is 0 Å². The van der Waals surface area contributed by atoms with Gasteiger partial charge in [-0.2, -0.15) is 0 Å². The summed E-state index contributed by atoms with van der Waals surface area (Å²) >= 11 is 0. The average Bonchev–Trinajstić information content (AvgIpc) is 2.96. The molecule has 2 aromatic rings. The molecule has 0 radical (unpaired) electrons. The van der Waals surface area contributed by atoms with Gasteiger partial charge in [-0.25, -0.2) is 4.79 Å². The number of ether oxygens (including phenoxy) is 3. The lowest BCUT2D eigenvalue weighted by Gasteiger charge is -2.23. The van der Waals surface area contributed by atoms with E-state index >= 15 is 0 Å². The van der Waals surface area contributed by atoms with Crippen LogP contribution in [0.15, 0.2) is 42.5 Å². The van der Waals surface area contributed by atoms with Crippen molar-refractivity contribution in [2.24, 2.45) is 0 Å². The molecule has 0 aliphatic carbocycles. The highest BCUT2D eigenvalue weighted by atomic mass is 16.5. The first kappa shape index (κ1) is 21.5. The SMILES string of the molecule is COc1ccc(CNC(=O)CN2C(=O)N[C@@](C)(c3ccc4c(c3)OCCCO4)C2=O)cc1. The molecule has 4 amide bonds. The highest BCUT2D eigenvalue weighted by Gasteiger charge is 2.49. The quantitative estimate of drug-likeness (QED) is 0.667. The minimum absolute atomic E-state index is 0.270. The molecule has 32 heavy (non-hydrogen) atoms. The number of methoxy groups -OCH3 is 1. The summed E-state index contributed by atoms with van der Waals surface area (Å²) in [6.07, 6.45) is 0.760. The summed E-state index contributed by atoms with van der Waals surface area (Å²) in [6.45, 7) is 2.57. The molecule has 0 aromatic heterocycles. The number of nitrogens with one attached hydrogen (secondary N) is 2. The normalized spacial score (nSPS) is 19.9. The van der Waals surface area contributed by atoms with Crippen LogP contribution in [-0.2, 0) is 21.7 Å². The molecule has 0 bridgehead atoms. The molecule has 2 heterocycles. The number of rotatable bonds is 6. The highest BCUT2D eigenvalue weighted by Crippen LogP contribution is 2.36. The van der Waals surface area contributed by atoms with Crippen LogP contribution in [0.1, 0.15) is 24.5 Å². The smallest absolute Gasteiger partial charge is 0.325 e. The van der Waals surface area contributed by atoms with Crippen molar-refractivity contribution in [3.05, 3.63) is 53.6 Å². The van der Waals surface area contributed by atoms with Gasteiger partial charge in [-0.3, -0.25) is 14.5 Å². The number of carbonyl (C=O) groups excluding carboxylic acids is 3. The van der Waals surface area contributed by atoms with Crippen molar-refractivity contribution < 1.29 is 28.6 Å². The summed E-state index contributed by atoms with van der Waals surface area (Å²) in [5.41, 5.74) is 0.118. The standard InChI is InChI=1S/C23H25N3O6/c1-23(16-6-9-18-19(12-16)32-11-3-10-31-18)21(28)26(22(29)25-23)14-20(27)24-13-15-4-7-17(30-2)8-5-15/h4-9,12H,3,10-11,13-14H2,1-2H3,(H,24,27)(H,25,29)/t23-/m0/s1. The van der Waals surface area contributed by atoms with E-state index < -0.39 is 23.4 Å². The lowest BCUT2D eigenvalue weighted by atomic mass is 9.91. The zero-order valence-electron chi connectivity index (χ0n) is 18.0. The average molecular weight is 439 g/mol. The van der Waals surface area contributed by atoms with Gasteiger partial charge in [0.2, 0.25) is 5.91 Å². The largest absolute Gasteiger partial charge is 0.497 e. The van der Waals surface area contributed by atoms with Crippen LogP contribution in [0.4, 0.5) is 4.79 Å². The number of fused-ring (bicyclic) bond motifs is 1. The van der Waals surface area contributed by atoms with Gasteiger partial charge in [-0.15, -0.1) is 0 Å². The molecule has 2 aliphatic rings. The fourth-order valence-corrected chi connectivity index (χ4v) is 3.65. The van der Waals surface area contributed by atoms with Gasteiger partial charge in [0.25, 0.3) is 5.91 Å². The van der Waals surface area contributed by atoms with Gasteiger partial charge in [-0.05, 0) is 42.3 Å². The molecule has 4 rings (SSSR count). The first-order valence-corrected chi connectivity index (χ1v) is 10.3. The number of benzene rings is 2. The molecule has 2 N–H and O–H groups in total. The number of urea groups is 1. The molecule has 2 aliphatic heterocycles. The molecule has 0 spiro atoms. The second-order valence-electron chi connectivity index (χ2n) is 7.78. The molecule has 1 fully saturated rings. The number of amides is 4. The summed E-state index contributed by atoms with van der Waals surface area (Å²) in [7, 11) is 1.58. The second-order valence-corrected chi connectivity index (χ2v) is 7.78. The van der Waals surface area contributed by atoms with Crippen LogP contribution in [0.2, 0.25) is 0 Å². The molecule has 9 heteroatoms. The Hall–Kier alpha value is -3.75. The Morgan fingerprint density at radius 1 is 1.12 bits per heavy atom. The maximum Gasteiger partial charge on any atom is 0.325 e.